The van der Waals surface area contributed by atoms with Crippen molar-refractivity contribution in [2.45, 2.75) is 31.3 Å². The fourth-order valence-electron chi connectivity index (χ4n) is 4.08. The maximum absolute atomic E-state index is 13.6. The first-order chi connectivity index (χ1) is 17.5. The lowest BCUT2D eigenvalue weighted by Gasteiger charge is -2.19. The second-order valence-electron chi connectivity index (χ2n) is 8.33. The number of rotatable bonds is 8. The van der Waals surface area contributed by atoms with Crippen molar-refractivity contribution in [2.75, 3.05) is 5.75 Å². The van der Waals surface area contributed by atoms with Gasteiger partial charge >= 0.3 is 5.97 Å². The van der Waals surface area contributed by atoms with Crippen molar-refractivity contribution in [1.29, 1.82) is 0 Å². The number of nitrogens with zero attached hydrogens (tertiary/aromatic N) is 2. The number of benzene rings is 2. The molecule has 6 nitrogen and oxygen atoms in total. The van der Waals surface area contributed by atoms with Crippen LogP contribution in [0.4, 0.5) is 8.78 Å². The lowest BCUT2D eigenvalue weighted by Crippen LogP contribution is -2.04. The van der Waals surface area contributed by atoms with Gasteiger partial charge in [0, 0.05) is 29.6 Å². The van der Waals surface area contributed by atoms with E-state index in [1.165, 1.54) is 0 Å². The summed E-state index contributed by atoms with van der Waals surface area (Å²) in [4.78, 5) is 19.8. The molecule has 0 amide bonds. The van der Waals surface area contributed by atoms with Gasteiger partial charge in [-0.1, -0.05) is 12.1 Å². The Hall–Kier alpha value is -3.72. The summed E-state index contributed by atoms with van der Waals surface area (Å²) in [6, 6.07) is 15.1. The number of hydrogen-bond acceptors (Lipinski definition) is 6. The molecule has 184 valence electrons. The van der Waals surface area contributed by atoms with Crippen LogP contribution in [-0.4, -0.2) is 26.8 Å². The number of fused-ring (bicyclic) bond motifs is 3. The van der Waals surface area contributed by atoms with Crippen LogP contribution < -0.4 is 9.47 Å². The summed E-state index contributed by atoms with van der Waals surface area (Å²) in [6.45, 7) is 0.483. The van der Waals surface area contributed by atoms with E-state index >= 15 is 0 Å². The van der Waals surface area contributed by atoms with E-state index in [2.05, 4.69) is 9.97 Å². The van der Waals surface area contributed by atoms with Gasteiger partial charge < -0.3 is 14.6 Å². The van der Waals surface area contributed by atoms with Gasteiger partial charge in [0.15, 0.2) is 11.6 Å². The zero-order valence-electron chi connectivity index (χ0n) is 19.1. The smallest absolute Gasteiger partial charge is 0.303 e. The first kappa shape index (κ1) is 24.0. The van der Waals surface area contributed by atoms with Crippen molar-refractivity contribution in [3.63, 3.8) is 0 Å². The molecule has 0 bridgehead atoms. The van der Waals surface area contributed by atoms with E-state index in [-0.39, 0.29) is 18.3 Å². The van der Waals surface area contributed by atoms with Gasteiger partial charge in [0.05, 0.1) is 22.2 Å². The maximum Gasteiger partial charge on any atom is 0.303 e. The number of carbonyl (C=O) groups is 1. The highest BCUT2D eigenvalue weighted by atomic mass is 32.2. The highest BCUT2D eigenvalue weighted by Crippen LogP contribution is 2.45. The molecule has 0 saturated heterocycles. The summed E-state index contributed by atoms with van der Waals surface area (Å²) in [5, 5.41) is 9.40. The predicted octanol–water partition coefficient (Wildman–Crippen LogP) is 6.07. The maximum atomic E-state index is 13.6. The zero-order chi connectivity index (χ0) is 25.1. The van der Waals surface area contributed by atoms with Crippen LogP contribution in [0.1, 0.15) is 40.6 Å². The van der Waals surface area contributed by atoms with E-state index in [1.54, 1.807) is 30.1 Å². The normalized spacial score (nSPS) is 14.4. The Morgan fingerprint density at radius 2 is 1.97 bits per heavy atom. The van der Waals surface area contributed by atoms with Gasteiger partial charge in [-0.15, -0.1) is 11.8 Å². The fourth-order valence-corrected chi connectivity index (χ4v) is 5.38. The van der Waals surface area contributed by atoms with Crippen molar-refractivity contribution in [1.82, 2.24) is 9.97 Å². The Morgan fingerprint density at radius 3 is 2.83 bits per heavy atom. The van der Waals surface area contributed by atoms with E-state index in [9.17, 15) is 13.6 Å². The number of halogens is 2. The molecular weight excluding hydrogens is 486 g/mol. The number of hydrogen-bond donors (Lipinski definition) is 1. The SMILES string of the molecule is O=C(O)CCCSC1c2cc(OCc3ccc4cc(F)c(F)cc4n3)ccc2OCc2ncccc21. The number of aromatic nitrogens is 2. The molecule has 1 aliphatic rings. The van der Waals surface area contributed by atoms with Crippen LogP contribution in [-0.2, 0) is 18.0 Å². The van der Waals surface area contributed by atoms with E-state index in [0.717, 1.165) is 34.7 Å². The van der Waals surface area contributed by atoms with Crippen molar-refractivity contribution >= 4 is 28.6 Å². The second-order valence-corrected chi connectivity index (χ2v) is 9.54. The molecule has 0 spiro atoms. The first-order valence-electron chi connectivity index (χ1n) is 11.4. The number of ether oxygens (including phenoxy) is 2. The molecule has 1 atom stereocenters. The van der Waals surface area contributed by atoms with Gasteiger partial charge in [-0.25, -0.2) is 13.8 Å². The zero-order valence-corrected chi connectivity index (χ0v) is 19.9. The lowest BCUT2D eigenvalue weighted by atomic mass is 10.0. The number of pyridine rings is 2. The van der Waals surface area contributed by atoms with E-state index in [4.69, 9.17) is 14.6 Å². The molecule has 3 heterocycles. The van der Waals surface area contributed by atoms with Gasteiger partial charge in [-0.05, 0) is 54.1 Å². The molecule has 2 aromatic heterocycles. The Morgan fingerprint density at radius 1 is 1.11 bits per heavy atom. The van der Waals surface area contributed by atoms with Crippen molar-refractivity contribution in [3.05, 3.63) is 94.9 Å². The topological polar surface area (TPSA) is 81.5 Å². The first-order valence-corrected chi connectivity index (χ1v) is 12.4. The quantitative estimate of drug-likeness (QED) is 0.290. The molecule has 0 saturated carbocycles. The predicted molar refractivity (Wildman–Crippen MR) is 132 cm³/mol. The Bertz CT molecular complexity index is 1430. The molecule has 1 aliphatic heterocycles. The lowest BCUT2D eigenvalue weighted by molar-refractivity contribution is -0.137. The van der Waals surface area contributed by atoms with Crippen LogP contribution in [0.5, 0.6) is 11.5 Å². The molecular formula is C27H22F2N2O4S. The van der Waals surface area contributed by atoms with Crippen LogP contribution in [0.2, 0.25) is 0 Å². The minimum Gasteiger partial charge on any atom is -0.487 e. The fraction of sp³-hybridized carbons (Fsp3) is 0.222. The van der Waals surface area contributed by atoms with Crippen molar-refractivity contribution in [2.24, 2.45) is 0 Å². The van der Waals surface area contributed by atoms with Gasteiger partial charge in [0.2, 0.25) is 0 Å². The number of carboxylic acid groups (broad SMARTS) is 1. The summed E-state index contributed by atoms with van der Waals surface area (Å²) in [5.74, 6) is -0.680. The van der Waals surface area contributed by atoms with Gasteiger partial charge in [0.1, 0.15) is 24.7 Å². The molecule has 4 aromatic rings. The molecule has 0 radical (unpaired) electrons. The summed E-state index contributed by atoms with van der Waals surface area (Å²) >= 11 is 1.65. The third kappa shape index (κ3) is 5.26. The van der Waals surface area contributed by atoms with E-state index in [0.29, 0.717) is 41.1 Å². The average Bonchev–Trinajstić information content (AvgIpc) is 3.02. The van der Waals surface area contributed by atoms with E-state index in [1.807, 2.05) is 30.3 Å². The highest BCUT2D eigenvalue weighted by Gasteiger charge is 2.26. The third-order valence-corrected chi connectivity index (χ3v) is 7.20. The van der Waals surface area contributed by atoms with Crippen LogP contribution >= 0.6 is 11.8 Å². The van der Waals surface area contributed by atoms with E-state index < -0.39 is 17.6 Å². The monoisotopic (exact) mass is 508 g/mol. The molecule has 9 heteroatoms. The molecule has 5 rings (SSSR count). The Balaban J connectivity index is 1.38. The third-order valence-electron chi connectivity index (χ3n) is 5.83. The summed E-state index contributed by atoms with van der Waals surface area (Å²) in [6.07, 6.45) is 2.40. The van der Waals surface area contributed by atoms with Crippen LogP contribution in [0.3, 0.4) is 0 Å². The molecule has 0 aliphatic carbocycles. The molecule has 36 heavy (non-hydrogen) atoms. The summed E-state index contributed by atoms with van der Waals surface area (Å²) in [5.41, 5.74) is 3.72. The van der Waals surface area contributed by atoms with Crippen molar-refractivity contribution in [3.8, 4) is 11.5 Å². The minimum atomic E-state index is -0.944. The van der Waals surface area contributed by atoms with Gasteiger partial charge in [-0.2, -0.15) is 0 Å². The molecule has 1 N–H and O–H groups in total. The summed E-state index contributed by atoms with van der Waals surface area (Å²) < 4.78 is 39.1. The number of thioether (sulfide) groups is 1. The standard InChI is InChI=1S/C27H22F2N2O4S/c28-21-11-16-5-6-17(31-23(16)13-22(21)29)14-34-18-7-8-25-20(12-18)27(36-10-2-4-26(32)33)19-3-1-9-30-24(19)15-35-25/h1,3,5-9,11-13,27H,2,4,10,14-15H2,(H,32,33). The second kappa shape index (κ2) is 10.5. The van der Waals surface area contributed by atoms with Crippen LogP contribution in [0.25, 0.3) is 10.9 Å². The largest absolute Gasteiger partial charge is 0.487 e. The molecule has 0 fully saturated rings. The minimum absolute atomic E-state index is 0.0970. The van der Waals surface area contributed by atoms with Gasteiger partial charge in [-0.3, -0.25) is 9.78 Å². The summed E-state index contributed by atoms with van der Waals surface area (Å²) in [7, 11) is 0. The molecule has 1 unspecified atom stereocenters. The number of aliphatic carboxylic acids is 1. The Labute approximate surface area is 210 Å². The number of carboxylic acids is 1. The molecule has 2 aromatic carbocycles. The van der Waals surface area contributed by atoms with Crippen LogP contribution in [0.15, 0.2) is 60.8 Å². The van der Waals surface area contributed by atoms with Crippen LogP contribution in [0, 0.1) is 11.6 Å². The van der Waals surface area contributed by atoms with Gasteiger partial charge in [0.25, 0.3) is 0 Å². The Kier molecular flexibility index (Phi) is 6.99. The average molecular weight is 509 g/mol. The van der Waals surface area contributed by atoms with Crippen molar-refractivity contribution < 1.29 is 28.2 Å². The highest BCUT2D eigenvalue weighted by molar-refractivity contribution is 7.99.